The minimum atomic E-state index is -5.00. The third-order valence-corrected chi connectivity index (χ3v) is 17.9. The van der Waals surface area contributed by atoms with E-state index in [1.807, 2.05) is 0 Å². The molecule has 0 saturated heterocycles. The summed E-state index contributed by atoms with van der Waals surface area (Å²) in [4.78, 5) is 39.4. The number of aromatic nitrogens is 8. The molecular formula is C84H46F12N8. The van der Waals surface area contributed by atoms with Gasteiger partial charge in [0.25, 0.3) is 0 Å². The SMILES string of the molecule is FC(F)(F)c1cccc(-c2nc3cc(-c4ccc5nc(-c6cccc(-c7ccc(-c8nc9cc(-c%10ccc%11nc(-c%12ccccc%12)c(-c%12ccccc%12C(F)(F)F)nc%11c%10)ccc9nc8-c8ccccc8)c(C(F)(F)F)c7)c6)c(-c6cccc(C(F)(F)F)c6)nc5c4)ccc3nc2-c2ccccc2)c1. The summed E-state index contributed by atoms with van der Waals surface area (Å²) in [5.74, 6) is 0. The zero-order valence-corrected chi connectivity index (χ0v) is 53.7. The van der Waals surface area contributed by atoms with Gasteiger partial charge in [-0.1, -0.05) is 188 Å². The van der Waals surface area contributed by atoms with Crippen molar-refractivity contribution in [1.82, 2.24) is 39.9 Å². The topological polar surface area (TPSA) is 103 Å². The maximum atomic E-state index is 16.0. The van der Waals surface area contributed by atoms with Crippen molar-refractivity contribution in [3.63, 3.8) is 0 Å². The summed E-state index contributed by atoms with van der Waals surface area (Å²) >= 11 is 0. The van der Waals surface area contributed by atoms with Crippen molar-refractivity contribution in [2.75, 3.05) is 0 Å². The molecular weight excluding hydrogens is 1350 g/mol. The van der Waals surface area contributed by atoms with Gasteiger partial charge in [-0.25, -0.2) is 39.9 Å². The van der Waals surface area contributed by atoms with E-state index in [-0.39, 0.29) is 89.8 Å². The van der Waals surface area contributed by atoms with E-state index in [2.05, 4.69) is 0 Å². The molecule has 0 spiro atoms. The lowest BCUT2D eigenvalue weighted by molar-refractivity contribution is -0.138. The monoisotopic (exact) mass is 1390 g/mol. The van der Waals surface area contributed by atoms with Gasteiger partial charge >= 0.3 is 24.7 Å². The third-order valence-electron chi connectivity index (χ3n) is 17.9. The van der Waals surface area contributed by atoms with Crippen LogP contribution >= 0.6 is 0 Å². The standard InChI is InChI=1S/C84H46F12N8/c85-81(86,87)59-25-13-23-57(40-59)77-73(47-15-4-1-5-16-47)97-65-35-30-52(43-69(65)101-77)53-31-36-66-70(44-53)102-78(58-24-14-26-60(41-58)82(88,89)90)76(100-66)56-22-12-21-50(39-56)51-29-34-62(64(42-51)84(94,95)96)80-75(49-19-8-3-9-20-49)99-68-38-33-55(46-72(68)104-80)54-32-37-67-71(45-54)103-79(74(98-67)48-17-6-2-7-18-48)61-27-10-11-28-63(61)83(91,92)93/h1-46H. The van der Waals surface area contributed by atoms with E-state index in [1.165, 1.54) is 54.6 Å². The molecule has 4 heterocycles. The number of hydrogen-bond donors (Lipinski definition) is 0. The van der Waals surface area contributed by atoms with Crippen LogP contribution < -0.4 is 0 Å². The lowest BCUT2D eigenvalue weighted by Gasteiger charge is -2.18. The Hall–Kier alpha value is -12.8. The molecule has 20 heteroatoms. The van der Waals surface area contributed by atoms with E-state index in [9.17, 15) is 39.5 Å². The summed E-state index contributed by atoms with van der Waals surface area (Å²) in [5, 5.41) is 0. The first-order valence-electron chi connectivity index (χ1n) is 32.3. The Kier molecular flexibility index (Phi) is 16.2. The molecule has 506 valence electrons. The van der Waals surface area contributed by atoms with Gasteiger partial charge in [-0.2, -0.15) is 52.7 Å². The fourth-order valence-corrected chi connectivity index (χ4v) is 12.9. The molecule has 0 amide bonds. The number of benzene rings is 12. The highest BCUT2D eigenvalue weighted by Crippen LogP contribution is 2.46. The van der Waals surface area contributed by atoms with E-state index in [4.69, 9.17) is 39.9 Å². The second-order valence-electron chi connectivity index (χ2n) is 24.6. The Bertz CT molecular complexity index is 6060. The molecule has 0 aliphatic carbocycles. The fourth-order valence-electron chi connectivity index (χ4n) is 12.9. The van der Waals surface area contributed by atoms with Crippen LogP contribution in [0.4, 0.5) is 52.7 Å². The number of nitrogens with zero attached hydrogens (tertiary/aromatic N) is 8. The molecule has 0 N–H and O–H groups in total. The highest BCUT2D eigenvalue weighted by molar-refractivity contribution is 5.96. The maximum Gasteiger partial charge on any atom is 0.417 e. The van der Waals surface area contributed by atoms with Crippen molar-refractivity contribution in [3.8, 4) is 123 Å². The molecule has 104 heavy (non-hydrogen) atoms. The first kappa shape index (κ1) is 65.8. The molecule has 16 rings (SSSR count). The van der Waals surface area contributed by atoms with E-state index in [0.717, 1.165) is 36.4 Å². The van der Waals surface area contributed by atoms with Crippen LogP contribution in [-0.2, 0) is 24.7 Å². The Morgan fingerprint density at radius 3 is 0.817 bits per heavy atom. The molecule has 0 unspecified atom stereocenters. The van der Waals surface area contributed by atoms with E-state index in [1.54, 1.807) is 188 Å². The summed E-state index contributed by atoms with van der Waals surface area (Å²) in [5.41, 5.74) is 4.07. The minimum absolute atomic E-state index is 0.00583. The zero-order valence-electron chi connectivity index (χ0n) is 53.7. The first-order valence-corrected chi connectivity index (χ1v) is 32.3. The second-order valence-corrected chi connectivity index (χ2v) is 24.6. The number of alkyl halides is 12. The largest absolute Gasteiger partial charge is 0.417 e. The van der Waals surface area contributed by atoms with E-state index in [0.29, 0.717) is 77.8 Å². The summed E-state index contributed by atoms with van der Waals surface area (Å²) in [6.45, 7) is 0. The number of hydrogen-bond acceptors (Lipinski definition) is 8. The summed E-state index contributed by atoms with van der Waals surface area (Å²) in [7, 11) is 0. The quantitative estimate of drug-likeness (QED) is 0.118. The van der Waals surface area contributed by atoms with Crippen LogP contribution in [0.2, 0.25) is 0 Å². The second kappa shape index (κ2) is 25.7. The van der Waals surface area contributed by atoms with E-state index >= 15 is 13.2 Å². The maximum absolute atomic E-state index is 16.0. The van der Waals surface area contributed by atoms with E-state index < -0.39 is 47.0 Å². The Labute approximate surface area is 583 Å². The molecule has 0 radical (unpaired) electrons. The summed E-state index contributed by atoms with van der Waals surface area (Å²) in [6.07, 6.45) is -19.1. The molecule has 0 aliphatic rings. The van der Waals surface area contributed by atoms with Gasteiger partial charge in [-0.05, 0) is 124 Å². The predicted octanol–water partition coefficient (Wildman–Crippen LogP) is 23.9. The Morgan fingerprint density at radius 1 is 0.163 bits per heavy atom. The normalized spacial score (nSPS) is 12.2. The molecule has 8 nitrogen and oxygen atoms in total. The molecule has 0 atom stereocenters. The van der Waals surface area contributed by atoms with Crippen molar-refractivity contribution in [2.24, 2.45) is 0 Å². The van der Waals surface area contributed by atoms with Gasteiger partial charge in [-0.3, -0.25) is 0 Å². The van der Waals surface area contributed by atoms with Crippen molar-refractivity contribution < 1.29 is 52.7 Å². The highest BCUT2D eigenvalue weighted by Gasteiger charge is 2.38. The van der Waals surface area contributed by atoms with Crippen molar-refractivity contribution >= 4 is 44.1 Å². The summed E-state index contributed by atoms with van der Waals surface area (Å²) in [6, 6.07) is 71.6. The molecule has 0 saturated carbocycles. The summed E-state index contributed by atoms with van der Waals surface area (Å²) < 4.78 is 178. The molecule has 0 bridgehead atoms. The van der Waals surface area contributed by atoms with Crippen LogP contribution in [0.1, 0.15) is 22.3 Å². The minimum Gasteiger partial charge on any atom is -0.244 e. The first-order chi connectivity index (χ1) is 50.0. The van der Waals surface area contributed by atoms with Crippen molar-refractivity contribution in [2.45, 2.75) is 24.7 Å². The van der Waals surface area contributed by atoms with Gasteiger partial charge < -0.3 is 0 Å². The lowest BCUT2D eigenvalue weighted by atomic mass is 9.93. The van der Waals surface area contributed by atoms with Gasteiger partial charge in [0, 0.05) is 44.5 Å². The van der Waals surface area contributed by atoms with Crippen LogP contribution in [-0.4, -0.2) is 39.9 Å². The number of fused-ring (bicyclic) bond motifs is 4. The highest BCUT2D eigenvalue weighted by atomic mass is 19.4. The molecule has 16 aromatic rings. The molecule has 4 aromatic heterocycles. The van der Waals surface area contributed by atoms with Gasteiger partial charge in [0.1, 0.15) is 0 Å². The molecule has 0 fully saturated rings. The van der Waals surface area contributed by atoms with Crippen LogP contribution in [0.25, 0.3) is 168 Å². The Morgan fingerprint density at radius 2 is 0.433 bits per heavy atom. The van der Waals surface area contributed by atoms with Crippen LogP contribution in [0.15, 0.2) is 279 Å². The average Bonchev–Trinajstić information content (AvgIpc) is 0.771. The fraction of sp³-hybridized carbons (Fsp3) is 0.0476. The molecule has 0 aliphatic heterocycles. The van der Waals surface area contributed by atoms with Gasteiger partial charge in [0.2, 0.25) is 0 Å². The number of halogens is 12. The average molecular weight is 1400 g/mol. The predicted molar refractivity (Wildman–Crippen MR) is 379 cm³/mol. The third kappa shape index (κ3) is 12.7. The van der Waals surface area contributed by atoms with Gasteiger partial charge in [0.15, 0.2) is 0 Å². The smallest absolute Gasteiger partial charge is 0.244 e. The van der Waals surface area contributed by atoms with Crippen LogP contribution in [0, 0.1) is 0 Å². The zero-order chi connectivity index (χ0) is 71.8. The van der Waals surface area contributed by atoms with Crippen LogP contribution in [0.5, 0.6) is 0 Å². The van der Waals surface area contributed by atoms with Gasteiger partial charge in [-0.15, -0.1) is 0 Å². The van der Waals surface area contributed by atoms with Gasteiger partial charge in [0.05, 0.1) is 112 Å². The Balaban J connectivity index is 0.782. The van der Waals surface area contributed by atoms with Crippen molar-refractivity contribution in [1.29, 1.82) is 0 Å². The number of rotatable bonds is 11. The molecule has 12 aromatic carbocycles. The van der Waals surface area contributed by atoms with Crippen LogP contribution in [0.3, 0.4) is 0 Å². The van der Waals surface area contributed by atoms with Crippen molar-refractivity contribution in [3.05, 3.63) is 301 Å². The lowest BCUT2D eigenvalue weighted by Crippen LogP contribution is -2.09.